The third-order valence-corrected chi connectivity index (χ3v) is 6.02. The van der Waals surface area contributed by atoms with Crippen molar-refractivity contribution in [3.63, 3.8) is 0 Å². The summed E-state index contributed by atoms with van der Waals surface area (Å²) in [6.07, 6.45) is 1.60. The number of carbonyl (C=O) groups is 2. The van der Waals surface area contributed by atoms with Crippen LogP contribution in [0.15, 0.2) is 30.5 Å². The van der Waals surface area contributed by atoms with Crippen molar-refractivity contribution < 1.29 is 9.59 Å². The fraction of sp³-hybridized carbons (Fsp3) is 0.476. The molecular formula is C21H27N5O2. The lowest BCUT2D eigenvalue weighted by Gasteiger charge is -2.32. The first kappa shape index (κ1) is 18.5. The van der Waals surface area contributed by atoms with E-state index in [1.54, 1.807) is 25.2 Å². The van der Waals surface area contributed by atoms with E-state index in [1.807, 2.05) is 28.9 Å². The Balaban J connectivity index is 1.63. The number of carbonyl (C=O) groups excluding carboxylic acids is 2. The van der Waals surface area contributed by atoms with Crippen LogP contribution in [0.2, 0.25) is 0 Å². The molecule has 1 aromatic carbocycles. The van der Waals surface area contributed by atoms with Gasteiger partial charge >= 0.3 is 6.03 Å². The first-order chi connectivity index (χ1) is 13.4. The zero-order valence-corrected chi connectivity index (χ0v) is 16.8. The molecular weight excluding hydrogens is 354 g/mol. The normalized spacial score (nSPS) is 23.8. The molecule has 4 rings (SSSR count). The topological polar surface area (TPSA) is 72.5 Å². The smallest absolute Gasteiger partial charge is 0.320 e. The van der Waals surface area contributed by atoms with Gasteiger partial charge in [-0.15, -0.1) is 0 Å². The van der Waals surface area contributed by atoms with Gasteiger partial charge in [0.2, 0.25) is 0 Å². The quantitative estimate of drug-likeness (QED) is 0.868. The van der Waals surface area contributed by atoms with Crippen molar-refractivity contribution >= 4 is 11.9 Å². The summed E-state index contributed by atoms with van der Waals surface area (Å²) < 4.78 is 0. The fourth-order valence-corrected chi connectivity index (χ4v) is 4.68. The molecule has 2 saturated heterocycles. The van der Waals surface area contributed by atoms with Crippen molar-refractivity contribution in [2.75, 3.05) is 33.7 Å². The molecule has 0 saturated carbocycles. The van der Waals surface area contributed by atoms with Crippen LogP contribution in [0.3, 0.4) is 0 Å². The van der Waals surface area contributed by atoms with Crippen LogP contribution in [0.4, 0.5) is 4.79 Å². The summed E-state index contributed by atoms with van der Waals surface area (Å²) in [5.41, 5.74) is 2.89. The summed E-state index contributed by atoms with van der Waals surface area (Å²) in [4.78, 5) is 38.5. The molecule has 7 nitrogen and oxygen atoms in total. The number of aryl methyl sites for hydroxylation is 2. The van der Waals surface area contributed by atoms with E-state index >= 15 is 0 Å². The molecule has 0 radical (unpaired) electrons. The van der Waals surface area contributed by atoms with Crippen LogP contribution in [-0.4, -0.2) is 70.3 Å². The highest BCUT2D eigenvalue weighted by atomic mass is 16.2. The average Bonchev–Trinajstić information content (AvgIpc) is 3.35. The number of fused-ring (bicyclic) bond motifs is 1. The molecule has 3 atom stereocenters. The summed E-state index contributed by atoms with van der Waals surface area (Å²) in [5, 5.41) is 0. The lowest BCUT2D eigenvalue weighted by Crippen LogP contribution is -2.42. The van der Waals surface area contributed by atoms with E-state index in [9.17, 15) is 9.59 Å². The van der Waals surface area contributed by atoms with Crippen molar-refractivity contribution in [3.05, 3.63) is 53.1 Å². The first-order valence-corrected chi connectivity index (χ1v) is 9.71. The number of amides is 3. The molecule has 0 spiro atoms. The van der Waals surface area contributed by atoms with Crippen LogP contribution in [0.1, 0.15) is 33.5 Å². The fourth-order valence-electron chi connectivity index (χ4n) is 4.68. The number of nitrogens with zero attached hydrogens (tertiary/aromatic N) is 4. The molecule has 3 amide bonds. The number of likely N-dealkylation sites (tertiary alicyclic amines) is 2. The predicted octanol–water partition coefficient (Wildman–Crippen LogP) is 2.45. The Hall–Kier alpha value is -2.83. The number of hydrogen-bond acceptors (Lipinski definition) is 3. The molecule has 3 heterocycles. The summed E-state index contributed by atoms with van der Waals surface area (Å²) in [5.74, 6) is 1.24. The van der Waals surface area contributed by atoms with E-state index in [0.29, 0.717) is 25.3 Å². The van der Waals surface area contributed by atoms with Gasteiger partial charge in [0, 0.05) is 45.6 Å². The Bertz CT molecular complexity index is 906. The average molecular weight is 381 g/mol. The minimum absolute atomic E-state index is 0.0102. The lowest BCUT2D eigenvalue weighted by atomic mass is 9.88. The van der Waals surface area contributed by atoms with Crippen LogP contribution in [-0.2, 0) is 0 Å². The molecule has 0 aliphatic carbocycles. The maximum atomic E-state index is 12.9. The van der Waals surface area contributed by atoms with Crippen molar-refractivity contribution in [2.45, 2.75) is 19.9 Å². The van der Waals surface area contributed by atoms with Crippen molar-refractivity contribution in [2.24, 2.45) is 11.8 Å². The molecule has 2 aliphatic rings. The van der Waals surface area contributed by atoms with E-state index in [2.05, 4.69) is 29.0 Å². The van der Waals surface area contributed by atoms with Gasteiger partial charge in [-0.1, -0.05) is 24.3 Å². The van der Waals surface area contributed by atoms with Gasteiger partial charge in [0.15, 0.2) is 0 Å². The minimum Gasteiger partial charge on any atom is -0.338 e. The second kappa shape index (κ2) is 6.96. The molecule has 1 aromatic heterocycles. The van der Waals surface area contributed by atoms with Gasteiger partial charge in [-0.25, -0.2) is 9.78 Å². The Morgan fingerprint density at radius 3 is 2.54 bits per heavy atom. The highest BCUT2D eigenvalue weighted by Crippen LogP contribution is 2.46. The Morgan fingerprint density at radius 1 is 1.14 bits per heavy atom. The second-order valence-corrected chi connectivity index (χ2v) is 8.15. The van der Waals surface area contributed by atoms with Gasteiger partial charge in [-0.2, -0.15) is 0 Å². The van der Waals surface area contributed by atoms with E-state index in [-0.39, 0.29) is 29.8 Å². The molecule has 2 aliphatic heterocycles. The zero-order valence-electron chi connectivity index (χ0n) is 16.8. The van der Waals surface area contributed by atoms with E-state index in [1.165, 1.54) is 11.1 Å². The van der Waals surface area contributed by atoms with E-state index < -0.39 is 0 Å². The van der Waals surface area contributed by atoms with Gasteiger partial charge in [-0.05, 0) is 25.0 Å². The van der Waals surface area contributed by atoms with Crippen LogP contribution < -0.4 is 0 Å². The van der Waals surface area contributed by atoms with Gasteiger partial charge in [0.05, 0.1) is 12.2 Å². The van der Waals surface area contributed by atoms with Gasteiger partial charge in [0.25, 0.3) is 5.91 Å². The van der Waals surface area contributed by atoms with Crippen molar-refractivity contribution in [1.82, 2.24) is 24.7 Å². The number of nitrogens with one attached hydrogen (secondary N) is 1. The monoisotopic (exact) mass is 381 g/mol. The number of imidazole rings is 1. The predicted molar refractivity (Wildman–Crippen MR) is 106 cm³/mol. The Labute approximate surface area is 165 Å². The third kappa shape index (κ3) is 3.04. The van der Waals surface area contributed by atoms with Crippen LogP contribution in [0.25, 0.3) is 0 Å². The molecule has 28 heavy (non-hydrogen) atoms. The summed E-state index contributed by atoms with van der Waals surface area (Å²) in [6, 6.07) is 8.27. The van der Waals surface area contributed by atoms with Crippen LogP contribution in [0, 0.1) is 25.7 Å². The van der Waals surface area contributed by atoms with Crippen LogP contribution >= 0.6 is 0 Å². The molecule has 1 N–H and O–H groups in total. The largest absolute Gasteiger partial charge is 0.338 e. The van der Waals surface area contributed by atoms with Crippen molar-refractivity contribution in [3.8, 4) is 0 Å². The maximum absolute atomic E-state index is 12.9. The molecule has 0 bridgehead atoms. The highest BCUT2D eigenvalue weighted by Gasteiger charge is 2.50. The van der Waals surface area contributed by atoms with Gasteiger partial charge in [-0.3, -0.25) is 4.79 Å². The van der Waals surface area contributed by atoms with E-state index in [0.717, 1.165) is 5.82 Å². The Kier molecular flexibility index (Phi) is 4.61. The van der Waals surface area contributed by atoms with Gasteiger partial charge < -0.3 is 19.7 Å². The molecule has 2 aromatic rings. The standard InChI is InChI=1S/C21H27N5O2/c1-13-7-5-6-8-16(13)19-17-12-25(20(27)18-9-22-14(2)23-18)10-15(17)11-26(19)21(28)24(3)4/h5-9,15,17,19H,10-12H2,1-4H3,(H,22,23)/t15-,17-,19+/m1/s1. The number of H-pyrrole nitrogens is 1. The first-order valence-electron chi connectivity index (χ1n) is 9.71. The maximum Gasteiger partial charge on any atom is 0.320 e. The summed E-state index contributed by atoms with van der Waals surface area (Å²) >= 11 is 0. The summed E-state index contributed by atoms with van der Waals surface area (Å²) in [6.45, 7) is 5.92. The lowest BCUT2D eigenvalue weighted by molar-refractivity contribution is 0.0761. The van der Waals surface area contributed by atoms with Gasteiger partial charge in [0.1, 0.15) is 11.5 Å². The molecule has 7 heteroatoms. The summed E-state index contributed by atoms with van der Waals surface area (Å²) in [7, 11) is 3.59. The number of hydrogen-bond donors (Lipinski definition) is 1. The van der Waals surface area contributed by atoms with Crippen LogP contribution in [0.5, 0.6) is 0 Å². The minimum atomic E-state index is -0.0117. The SMILES string of the molecule is Cc1ncc(C(=O)N2C[C@@H]3CN(C(=O)N(C)C)[C@@H](c4ccccc4C)[C@@H]3C2)[nH]1. The number of aromatic amines is 1. The zero-order chi connectivity index (χ0) is 20.0. The van der Waals surface area contributed by atoms with E-state index in [4.69, 9.17) is 0 Å². The number of rotatable bonds is 2. The van der Waals surface area contributed by atoms with Crippen molar-refractivity contribution in [1.29, 1.82) is 0 Å². The number of urea groups is 1. The number of aromatic nitrogens is 2. The Morgan fingerprint density at radius 2 is 1.89 bits per heavy atom. The second-order valence-electron chi connectivity index (χ2n) is 8.15. The molecule has 0 unspecified atom stereocenters. The molecule has 148 valence electrons. The third-order valence-electron chi connectivity index (χ3n) is 6.02. The number of benzene rings is 1. The molecule has 2 fully saturated rings. The highest BCUT2D eigenvalue weighted by molar-refractivity contribution is 5.92.